The SMILES string of the molecule is COC(=O)NC(C(=O)N[C@@H](Cc1ccccc1)[C@@H](O)CN(Cc1ccc(-c2ccccn2)cc1)NC(=O)[C@@H](NC(=O)OC)C(C)(C)C)C(C)(C)C. The van der Waals surface area contributed by atoms with Gasteiger partial charge in [0.05, 0.1) is 32.1 Å². The number of carbonyl (C=O) groups excluding carboxylic acids is 4. The van der Waals surface area contributed by atoms with E-state index in [9.17, 15) is 24.3 Å². The maximum Gasteiger partial charge on any atom is 0.407 e. The zero-order valence-electron chi connectivity index (χ0n) is 30.7. The largest absolute Gasteiger partial charge is 0.453 e. The summed E-state index contributed by atoms with van der Waals surface area (Å²) in [6.45, 7) is 10.9. The summed E-state index contributed by atoms with van der Waals surface area (Å²) in [5.41, 5.74) is 4.88. The van der Waals surface area contributed by atoms with Gasteiger partial charge in [0.1, 0.15) is 12.1 Å². The van der Waals surface area contributed by atoms with E-state index in [1.165, 1.54) is 14.2 Å². The van der Waals surface area contributed by atoms with Gasteiger partial charge in [0.2, 0.25) is 5.91 Å². The number of pyridine rings is 1. The van der Waals surface area contributed by atoms with Crippen LogP contribution < -0.4 is 21.4 Å². The summed E-state index contributed by atoms with van der Waals surface area (Å²) >= 11 is 0. The Bertz CT molecular complexity index is 1570. The molecule has 0 bridgehead atoms. The Kier molecular flexibility index (Phi) is 14.5. The number of carbonyl (C=O) groups is 4. The van der Waals surface area contributed by atoms with Gasteiger partial charge in [-0.25, -0.2) is 14.6 Å². The van der Waals surface area contributed by atoms with E-state index in [2.05, 4.69) is 26.4 Å². The second-order valence-corrected chi connectivity index (χ2v) is 14.5. The highest BCUT2D eigenvalue weighted by Gasteiger charge is 2.37. The first-order valence-electron chi connectivity index (χ1n) is 16.8. The van der Waals surface area contributed by atoms with Gasteiger partial charge >= 0.3 is 12.2 Å². The van der Waals surface area contributed by atoms with Crippen LogP contribution in [0.4, 0.5) is 9.59 Å². The Labute approximate surface area is 300 Å². The van der Waals surface area contributed by atoms with Gasteiger partial charge in [0.15, 0.2) is 0 Å². The summed E-state index contributed by atoms with van der Waals surface area (Å²) in [4.78, 5) is 56.3. The number of aliphatic hydroxyl groups excluding tert-OH is 1. The van der Waals surface area contributed by atoms with Crippen molar-refractivity contribution >= 4 is 24.0 Å². The van der Waals surface area contributed by atoms with Crippen molar-refractivity contribution in [2.75, 3.05) is 20.8 Å². The summed E-state index contributed by atoms with van der Waals surface area (Å²) < 4.78 is 9.54. The molecular weight excluding hydrogens is 652 g/mol. The predicted octanol–water partition coefficient (Wildman–Crippen LogP) is 4.21. The standard InChI is InChI=1S/C38H52N6O7/c1-37(2,3)31(41-35(48)50-7)33(46)40-29(22-25-14-10-9-11-15-25)30(45)24-44(43-34(47)32(38(4,5)6)42-36(49)51-8)23-26-17-19-27(20-18-26)28-16-12-13-21-39-28/h9-21,29-32,45H,22-24H2,1-8H3,(H,40,46)(H,41,48)(H,42,49)(H,43,47)/t29-,30-,31?,32+/m0/s1. The summed E-state index contributed by atoms with van der Waals surface area (Å²) in [7, 11) is 2.44. The van der Waals surface area contributed by atoms with Crippen LogP contribution in [0.5, 0.6) is 0 Å². The third-order valence-corrected chi connectivity index (χ3v) is 8.21. The van der Waals surface area contributed by atoms with Crippen LogP contribution in [0, 0.1) is 10.8 Å². The van der Waals surface area contributed by atoms with Crippen LogP contribution in [0.1, 0.15) is 52.7 Å². The first-order valence-corrected chi connectivity index (χ1v) is 16.8. The molecular formula is C38H52N6O7. The van der Waals surface area contributed by atoms with Crippen molar-refractivity contribution in [3.05, 3.63) is 90.1 Å². The van der Waals surface area contributed by atoms with E-state index in [1.807, 2.05) is 93.6 Å². The molecule has 0 radical (unpaired) electrons. The van der Waals surface area contributed by atoms with Gasteiger partial charge in [-0.1, -0.05) is 102 Å². The van der Waals surface area contributed by atoms with Crippen molar-refractivity contribution in [3.63, 3.8) is 0 Å². The van der Waals surface area contributed by atoms with Crippen molar-refractivity contribution in [3.8, 4) is 11.3 Å². The van der Waals surface area contributed by atoms with Crippen LogP contribution in [0.25, 0.3) is 11.3 Å². The lowest BCUT2D eigenvalue weighted by molar-refractivity contribution is -0.132. The third kappa shape index (κ3) is 12.7. The van der Waals surface area contributed by atoms with Crippen molar-refractivity contribution < 1.29 is 33.8 Å². The summed E-state index contributed by atoms with van der Waals surface area (Å²) in [6.07, 6.45) is -0.778. The Morgan fingerprint density at radius 3 is 1.78 bits per heavy atom. The second kappa shape index (κ2) is 18.3. The average molecular weight is 705 g/mol. The zero-order chi connectivity index (χ0) is 37.8. The molecule has 0 aliphatic heterocycles. The van der Waals surface area contributed by atoms with Crippen molar-refractivity contribution in [2.24, 2.45) is 10.8 Å². The molecule has 1 unspecified atom stereocenters. The number of ether oxygens (including phenoxy) is 2. The number of amides is 4. The van der Waals surface area contributed by atoms with E-state index < -0.39 is 59.1 Å². The smallest absolute Gasteiger partial charge is 0.407 e. The topological polar surface area (TPSA) is 171 Å². The van der Waals surface area contributed by atoms with Crippen LogP contribution >= 0.6 is 0 Å². The van der Waals surface area contributed by atoms with Gasteiger partial charge < -0.3 is 30.5 Å². The molecule has 4 amide bonds. The number of aliphatic hydroxyl groups is 1. The molecule has 0 saturated carbocycles. The summed E-state index contributed by atoms with van der Waals surface area (Å²) in [5, 5.41) is 21.6. The molecule has 0 aliphatic carbocycles. The number of nitrogens with zero attached hydrogens (tertiary/aromatic N) is 2. The number of benzene rings is 2. The first kappa shape index (κ1) is 40.4. The molecule has 4 atom stereocenters. The molecule has 13 nitrogen and oxygen atoms in total. The highest BCUT2D eigenvalue weighted by molar-refractivity contribution is 5.87. The van der Waals surface area contributed by atoms with Crippen LogP contribution in [0.3, 0.4) is 0 Å². The fourth-order valence-electron chi connectivity index (χ4n) is 5.38. The predicted molar refractivity (Wildman–Crippen MR) is 194 cm³/mol. The third-order valence-electron chi connectivity index (χ3n) is 8.21. The van der Waals surface area contributed by atoms with Crippen LogP contribution in [0.2, 0.25) is 0 Å². The molecule has 51 heavy (non-hydrogen) atoms. The first-order chi connectivity index (χ1) is 24.0. The molecule has 0 spiro atoms. The van der Waals surface area contributed by atoms with Gasteiger partial charge in [0, 0.05) is 24.8 Å². The van der Waals surface area contributed by atoms with Crippen molar-refractivity contribution in [1.82, 2.24) is 31.4 Å². The number of hydrogen-bond acceptors (Lipinski definition) is 9. The molecule has 0 fully saturated rings. The average Bonchev–Trinajstić information content (AvgIpc) is 3.08. The Hall–Kier alpha value is -5.01. The maximum absolute atomic E-state index is 13.8. The summed E-state index contributed by atoms with van der Waals surface area (Å²) in [5.74, 6) is -1.03. The van der Waals surface area contributed by atoms with E-state index in [0.29, 0.717) is 0 Å². The number of methoxy groups -OCH3 is 2. The highest BCUT2D eigenvalue weighted by atomic mass is 16.5. The molecule has 0 aliphatic rings. The monoisotopic (exact) mass is 704 g/mol. The van der Waals surface area contributed by atoms with Gasteiger partial charge in [-0.3, -0.25) is 20.0 Å². The van der Waals surface area contributed by atoms with Gasteiger partial charge in [-0.05, 0) is 40.5 Å². The number of aromatic nitrogens is 1. The van der Waals surface area contributed by atoms with Gasteiger partial charge in [-0.15, -0.1) is 0 Å². The fourth-order valence-corrected chi connectivity index (χ4v) is 5.38. The number of nitrogens with one attached hydrogen (secondary N) is 4. The molecule has 1 heterocycles. The lowest BCUT2D eigenvalue weighted by Gasteiger charge is -2.35. The normalized spacial score (nSPS) is 14.0. The van der Waals surface area contributed by atoms with Crippen LogP contribution in [-0.4, -0.2) is 84.1 Å². The van der Waals surface area contributed by atoms with Crippen molar-refractivity contribution in [2.45, 2.75) is 78.7 Å². The van der Waals surface area contributed by atoms with E-state index in [-0.39, 0.29) is 19.5 Å². The highest BCUT2D eigenvalue weighted by Crippen LogP contribution is 2.23. The fraction of sp³-hybridized carbons (Fsp3) is 0.447. The Balaban J connectivity index is 1.96. The van der Waals surface area contributed by atoms with E-state index in [4.69, 9.17) is 9.47 Å². The number of hydrazine groups is 1. The van der Waals surface area contributed by atoms with Gasteiger partial charge in [-0.2, -0.15) is 0 Å². The van der Waals surface area contributed by atoms with E-state index in [1.54, 1.807) is 32.0 Å². The lowest BCUT2D eigenvalue weighted by atomic mass is 9.85. The molecule has 0 saturated heterocycles. The minimum atomic E-state index is -1.22. The molecule has 3 rings (SSSR count). The number of hydrogen-bond donors (Lipinski definition) is 5. The minimum Gasteiger partial charge on any atom is -0.453 e. The molecule has 5 N–H and O–H groups in total. The Morgan fingerprint density at radius 2 is 1.27 bits per heavy atom. The van der Waals surface area contributed by atoms with Gasteiger partial charge in [0.25, 0.3) is 5.91 Å². The maximum atomic E-state index is 13.8. The van der Waals surface area contributed by atoms with E-state index >= 15 is 0 Å². The second-order valence-electron chi connectivity index (χ2n) is 14.5. The van der Waals surface area contributed by atoms with E-state index in [0.717, 1.165) is 22.4 Å². The Morgan fingerprint density at radius 1 is 0.725 bits per heavy atom. The lowest BCUT2D eigenvalue weighted by Crippen LogP contribution is -2.60. The molecule has 1 aromatic heterocycles. The van der Waals surface area contributed by atoms with Crippen molar-refractivity contribution in [1.29, 1.82) is 0 Å². The quantitative estimate of drug-likeness (QED) is 0.154. The summed E-state index contributed by atoms with van der Waals surface area (Å²) in [6, 6.07) is 19.8. The molecule has 2 aromatic carbocycles. The molecule has 276 valence electrons. The minimum absolute atomic E-state index is 0.120. The van der Waals surface area contributed by atoms with Crippen LogP contribution in [0.15, 0.2) is 79.0 Å². The molecule has 3 aromatic rings. The number of rotatable bonds is 14. The van der Waals surface area contributed by atoms with Crippen LogP contribution in [-0.2, 0) is 32.0 Å². The zero-order valence-corrected chi connectivity index (χ0v) is 30.7. The number of alkyl carbamates (subject to hydrolysis) is 2. The molecule has 13 heteroatoms.